The Balaban J connectivity index is 0.000000232. The molecule has 0 atom stereocenters. The largest absolute Gasteiger partial charge is 0.345 e. The highest BCUT2D eigenvalue weighted by Crippen LogP contribution is 2.40. The summed E-state index contributed by atoms with van der Waals surface area (Å²) in [7, 11) is -7.49. The van der Waals surface area contributed by atoms with Crippen LogP contribution in [-0.2, 0) is 35.3 Å². The lowest BCUT2D eigenvalue weighted by atomic mass is 9.94. The Bertz CT molecular complexity index is 1120. The molecule has 1 fully saturated rings. The van der Waals surface area contributed by atoms with Crippen LogP contribution in [0.25, 0.3) is 0 Å². The Morgan fingerprint density at radius 2 is 1.40 bits per heavy atom. The molecule has 0 radical (unpaired) electrons. The van der Waals surface area contributed by atoms with E-state index < -0.39 is 25.8 Å². The first-order valence-electron chi connectivity index (χ1n) is 8.57. The zero-order valence-electron chi connectivity index (χ0n) is 16.9. The van der Waals surface area contributed by atoms with Crippen LogP contribution in [0.1, 0.15) is 43.6 Å². The average molecular weight is 497 g/mol. The van der Waals surface area contributed by atoms with Gasteiger partial charge in [-0.05, 0) is 36.7 Å². The number of hydrogen-bond acceptors (Lipinski definition) is 9. The summed E-state index contributed by atoms with van der Waals surface area (Å²) in [6, 6.07) is 3.13. The number of nitrogens with two attached hydrogens (primary N) is 2. The van der Waals surface area contributed by atoms with Gasteiger partial charge in [-0.1, -0.05) is 13.8 Å². The van der Waals surface area contributed by atoms with Crippen molar-refractivity contribution in [3.05, 3.63) is 34.0 Å². The lowest BCUT2D eigenvalue weighted by Crippen LogP contribution is -2.44. The number of rotatable bonds is 4. The van der Waals surface area contributed by atoms with Crippen molar-refractivity contribution >= 4 is 48.5 Å². The number of Topliss-reactive ketones (excluding diaryl/α,β-unsaturated/α-hetero) is 1. The number of carbonyl (C=O) groups is 1. The van der Waals surface area contributed by atoms with E-state index in [0.29, 0.717) is 18.8 Å². The van der Waals surface area contributed by atoms with E-state index in [4.69, 9.17) is 19.8 Å². The van der Waals surface area contributed by atoms with Crippen molar-refractivity contribution in [3.63, 3.8) is 0 Å². The first-order chi connectivity index (χ1) is 13.6. The molecule has 1 saturated heterocycles. The number of ketones is 1. The fourth-order valence-corrected chi connectivity index (χ4v) is 6.39. The van der Waals surface area contributed by atoms with Crippen molar-refractivity contribution in [1.82, 2.24) is 0 Å². The predicted molar refractivity (Wildman–Crippen MR) is 114 cm³/mol. The molecule has 13 heteroatoms. The molecule has 2 aromatic rings. The van der Waals surface area contributed by atoms with Crippen LogP contribution in [0.4, 0.5) is 0 Å². The molecule has 30 heavy (non-hydrogen) atoms. The van der Waals surface area contributed by atoms with Crippen molar-refractivity contribution < 1.29 is 31.1 Å². The van der Waals surface area contributed by atoms with E-state index in [1.165, 1.54) is 18.4 Å². The summed E-state index contributed by atoms with van der Waals surface area (Å²) in [5.74, 6) is -1.34. The lowest BCUT2D eigenvalue weighted by molar-refractivity contribution is -0.299. The Morgan fingerprint density at radius 1 is 0.933 bits per heavy atom. The predicted octanol–water partition coefficient (Wildman–Crippen LogP) is 2.24. The van der Waals surface area contributed by atoms with Gasteiger partial charge in [-0.3, -0.25) is 4.79 Å². The van der Waals surface area contributed by atoms with Crippen LogP contribution >= 0.6 is 22.7 Å². The van der Waals surface area contributed by atoms with Crippen molar-refractivity contribution in [2.45, 2.75) is 41.9 Å². The van der Waals surface area contributed by atoms with Crippen LogP contribution in [0.2, 0.25) is 0 Å². The summed E-state index contributed by atoms with van der Waals surface area (Å²) in [5.41, 5.74) is 0.574. The fourth-order valence-electron chi connectivity index (χ4n) is 2.53. The molecule has 0 saturated carbocycles. The van der Waals surface area contributed by atoms with Gasteiger partial charge in [0.25, 0.3) is 0 Å². The summed E-state index contributed by atoms with van der Waals surface area (Å²) in [6.07, 6.45) is 0. The van der Waals surface area contributed by atoms with Crippen molar-refractivity contribution in [3.8, 4) is 0 Å². The van der Waals surface area contributed by atoms with Crippen LogP contribution in [0.5, 0.6) is 0 Å². The minimum absolute atomic E-state index is 0.0602. The number of carbonyl (C=O) groups excluding carboxylic acids is 1. The van der Waals surface area contributed by atoms with Crippen molar-refractivity contribution in [1.29, 1.82) is 0 Å². The number of ether oxygens (including phenoxy) is 2. The maximum absolute atomic E-state index is 11.5. The molecule has 3 rings (SSSR count). The highest BCUT2D eigenvalue weighted by molar-refractivity contribution is 7.91. The third-order valence-corrected chi connectivity index (χ3v) is 8.98. The average Bonchev–Trinajstić information content (AvgIpc) is 3.26. The molecule has 0 aromatic carbocycles. The summed E-state index contributed by atoms with van der Waals surface area (Å²) in [4.78, 5) is 10.9. The molecule has 0 bridgehead atoms. The third kappa shape index (κ3) is 5.95. The summed E-state index contributed by atoms with van der Waals surface area (Å²) >= 11 is 2.03. The zero-order chi connectivity index (χ0) is 23.0. The molecule has 4 N–H and O–H groups in total. The molecule has 9 nitrogen and oxygen atoms in total. The minimum atomic E-state index is -3.75. The molecular formula is C17H24N2O7S4. The first-order valence-corrected chi connectivity index (χ1v) is 13.4. The number of primary sulfonamides is 2. The van der Waals surface area contributed by atoms with E-state index in [-0.39, 0.29) is 25.2 Å². The molecule has 0 spiro atoms. The van der Waals surface area contributed by atoms with E-state index in [2.05, 4.69) is 0 Å². The second-order valence-electron chi connectivity index (χ2n) is 7.58. The van der Waals surface area contributed by atoms with Gasteiger partial charge in [0.15, 0.2) is 11.6 Å². The maximum Gasteiger partial charge on any atom is 0.248 e. The standard InChI is InChI=1S/C11H17NO4S2.C6H7NO3S2/c1-10(2)6-15-11(3,16-7-10)8-4-5-17-9(8)18(12,13)14;1-4(8)5-2-3-11-6(5)12(7,9)10/h4-5H,6-7H2,1-3H3,(H2,12,13,14);2-3H,1H3,(H2,7,9,10). The minimum Gasteiger partial charge on any atom is -0.345 e. The maximum atomic E-state index is 11.5. The molecule has 0 unspecified atom stereocenters. The summed E-state index contributed by atoms with van der Waals surface area (Å²) in [5, 5.41) is 13.3. The van der Waals surface area contributed by atoms with Crippen LogP contribution in [0, 0.1) is 5.41 Å². The third-order valence-electron chi connectivity index (χ3n) is 4.12. The van der Waals surface area contributed by atoms with E-state index in [1.807, 2.05) is 13.8 Å². The summed E-state index contributed by atoms with van der Waals surface area (Å²) < 4.78 is 56.2. The molecule has 168 valence electrons. The molecular weight excluding hydrogens is 472 g/mol. The first kappa shape index (κ1) is 25.1. The molecule has 0 aliphatic carbocycles. The molecule has 1 aliphatic heterocycles. The van der Waals surface area contributed by atoms with Crippen LogP contribution in [-0.4, -0.2) is 35.8 Å². The van der Waals surface area contributed by atoms with Gasteiger partial charge in [0.2, 0.25) is 20.0 Å². The second-order valence-corrected chi connectivity index (χ2v) is 12.9. The van der Waals surface area contributed by atoms with Gasteiger partial charge >= 0.3 is 0 Å². The Labute approximate surface area is 184 Å². The molecule has 0 amide bonds. The Morgan fingerprint density at radius 3 is 1.83 bits per heavy atom. The van der Waals surface area contributed by atoms with Gasteiger partial charge in [0.05, 0.1) is 13.2 Å². The fraction of sp³-hybridized carbons (Fsp3) is 0.471. The van der Waals surface area contributed by atoms with Gasteiger partial charge in [-0.2, -0.15) is 0 Å². The quantitative estimate of drug-likeness (QED) is 0.615. The topological polar surface area (TPSA) is 156 Å². The van der Waals surface area contributed by atoms with Crippen LogP contribution in [0.3, 0.4) is 0 Å². The lowest BCUT2D eigenvalue weighted by Gasteiger charge is -2.41. The van der Waals surface area contributed by atoms with Gasteiger partial charge in [-0.15, -0.1) is 22.7 Å². The Hall–Kier alpha value is -1.19. The molecule has 3 heterocycles. The zero-order valence-corrected chi connectivity index (χ0v) is 20.1. The second kappa shape index (κ2) is 8.74. The molecule has 1 aliphatic rings. The smallest absolute Gasteiger partial charge is 0.248 e. The highest BCUT2D eigenvalue weighted by Gasteiger charge is 2.41. The van der Waals surface area contributed by atoms with E-state index in [9.17, 15) is 21.6 Å². The Kier molecular flexibility index (Phi) is 7.31. The van der Waals surface area contributed by atoms with Gasteiger partial charge < -0.3 is 9.47 Å². The van der Waals surface area contributed by atoms with E-state index >= 15 is 0 Å². The molecule has 2 aromatic heterocycles. The van der Waals surface area contributed by atoms with Gasteiger partial charge in [0, 0.05) is 16.5 Å². The van der Waals surface area contributed by atoms with Crippen LogP contribution in [0.15, 0.2) is 31.3 Å². The number of thiophene rings is 2. The SMILES string of the molecule is CC(=O)c1ccsc1S(N)(=O)=O.CC1(C)COC(C)(c2ccsc2S(N)(=O)=O)OC1. The number of sulfonamides is 2. The van der Waals surface area contributed by atoms with Gasteiger partial charge in [0.1, 0.15) is 8.42 Å². The van der Waals surface area contributed by atoms with Crippen molar-refractivity contribution in [2.24, 2.45) is 15.7 Å². The monoisotopic (exact) mass is 496 g/mol. The normalized spacial score (nSPS) is 18.3. The van der Waals surface area contributed by atoms with Crippen molar-refractivity contribution in [2.75, 3.05) is 13.2 Å². The summed E-state index contributed by atoms with van der Waals surface area (Å²) in [6.45, 7) is 8.09. The number of hydrogen-bond donors (Lipinski definition) is 2. The van der Waals surface area contributed by atoms with Crippen LogP contribution < -0.4 is 10.3 Å². The highest BCUT2D eigenvalue weighted by atomic mass is 32.3. The van der Waals surface area contributed by atoms with E-state index in [0.717, 1.165) is 22.7 Å². The van der Waals surface area contributed by atoms with E-state index in [1.54, 1.807) is 18.4 Å². The van der Waals surface area contributed by atoms with Gasteiger partial charge in [-0.25, -0.2) is 27.1 Å².